The van der Waals surface area contributed by atoms with E-state index in [9.17, 15) is 14.7 Å². The summed E-state index contributed by atoms with van der Waals surface area (Å²) in [5, 5.41) is 16.1. The number of carbonyl (C=O) groups is 2. The molecule has 2 bridgehead atoms. The molecule has 7 heteroatoms. The zero-order chi connectivity index (χ0) is 15.3. The van der Waals surface area contributed by atoms with E-state index in [-0.39, 0.29) is 24.0 Å². The molecule has 118 valence electrons. The van der Waals surface area contributed by atoms with Crippen molar-refractivity contribution in [2.24, 2.45) is 0 Å². The fraction of sp³-hybridized carbons (Fsp3) is 0.667. The molecule has 1 aromatic rings. The SMILES string of the molecule is O=C(NC1CC2CCC(C1)N2C(=O)O)c1cc(C2CC2)on1. The van der Waals surface area contributed by atoms with E-state index in [0.717, 1.165) is 31.4 Å². The van der Waals surface area contributed by atoms with E-state index in [2.05, 4.69) is 10.5 Å². The highest BCUT2D eigenvalue weighted by atomic mass is 16.5. The summed E-state index contributed by atoms with van der Waals surface area (Å²) in [5.74, 6) is 1.01. The Hall–Kier alpha value is -2.05. The van der Waals surface area contributed by atoms with Gasteiger partial charge in [-0.3, -0.25) is 4.79 Å². The Morgan fingerprint density at radius 1 is 1.23 bits per heavy atom. The predicted molar refractivity (Wildman–Crippen MR) is 75.6 cm³/mol. The van der Waals surface area contributed by atoms with Crippen molar-refractivity contribution in [2.45, 2.75) is 62.6 Å². The van der Waals surface area contributed by atoms with E-state index < -0.39 is 6.09 Å². The zero-order valence-corrected chi connectivity index (χ0v) is 12.2. The largest absolute Gasteiger partial charge is 0.465 e. The van der Waals surface area contributed by atoms with Crippen LogP contribution in [0, 0.1) is 0 Å². The molecule has 1 aromatic heterocycles. The molecule has 2 amide bonds. The predicted octanol–water partition coefficient (Wildman–Crippen LogP) is 1.96. The summed E-state index contributed by atoms with van der Waals surface area (Å²) in [6.07, 6.45) is 4.51. The highest BCUT2D eigenvalue weighted by Crippen LogP contribution is 2.40. The number of nitrogens with zero attached hydrogens (tertiary/aromatic N) is 2. The molecule has 3 fully saturated rings. The summed E-state index contributed by atoms with van der Waals surface area (Å²) in [5.41, 5.74) is 0.329. The highest BCUT2D eigenvalue weighted by molar-refractivity contribution is 5.92. The number of carbonyl (C=O) groups excluding carboxylic acids is 1. The number of hydrogen-bond donors (Lipinski definition) is 2. The second-order valence-corrected chi connectivity index (χ2v) is 6.61. The number of amides is 2. The third-order valence-corrected chi connectivity index (χ3v) is 5.03. The van der Waals surface area contributed by atoms with Gasteiger partial charge in [0.05, 0.1) is 0 Å². The maximum Gasteiger partial charge on any atom is 0.407 e. The fourth-order valence-corrected chi connectivity index (χ4v) is 3.82. The minimum absolute atomic E-state index is 0.0154. The number of carboxylic acid groups (broad SMARTS) is 1. The normalized spacial score (nSPS) is 30.4. The van der Waals surface area contributed by atoms with Gasteiger partial charge >= 0.3 is 6.09 Å². The molecule has 4 rings (SSSR count). The Kier molecular flexibility index (Phi) is 3.09. The van der Waals surface area contributed by atoms with Crippen LogP contribution in [-0.4, -0.2) is 45.3 Å². The topological polar surface area (TPSA) is 95.7 Å². The van der Waals surface area contributed by atoms with Gasteiger partial charge in [-0.1, -0.05) is 5.16 Å². The Bertz CT molecular complexity index is 596. The first kappa shape index (κ1) is 13.6. The maximum absolute atomic E-state index is 12.3. The van der Waals surface area contributed by atoms with Crippen LogP contribution in [0.4, 0.5) is 4.79 Å². The average Bonchev–Trinajstić information content (AvgIpc) is 3.13. The van der Waals surface area contributed by atoms with Gasteiger partial charge < -0.3 is 19.8 Å². The Morgan fingerprint density at radius 3 is 2.50 bits per heavy atom. The zero-order valence-electron chi connectivity index (χ0n) is 12.2. The van der Waals surface area contributed by atoms with Crippen LogP contribution in [0.3, 0.4) is 0 Å². The lowest BCUT2D eigenvalue weighted by Crippen LogP contribution is -2.52. The van der Waals surface area contributed by atoms with Crippen LogP contribution in [0.25, 0.3) is 0 Å². The van der Waals surface area contributed by atoms with Crippen LogP contribution in [0.5, 0.6) is 0 Å². The van der Waals surface area contributed by atoms with Crippen molar-refractivity contribution < 1.29 is 19.2 Å². The minimum Gasteiger partial charge on any atom is -0.465 e. The number of aromatic nitrogens is 1. The Morgan fingerprint density at radius 2 is 1.91 bits per heavy atom. The molecule has 22 heavy (non-hydrogen) atoms. The molecular formula is C15H19N3O4. The van der Waals surface area contributed by atoms with Gasteiger partial charge in [0.2, 0.25) is 0 Å². The van der Waals surface area contributed by atoms with Crippen LogP contribution in [0.2, 0.25) is 0 Å². The number of hydrogen-bond acceptors (Lipinski definition) is 4. The van der Waals surface area contributed by atoms with Crippen molar-refractivity contribution in [3.05, 3.63) is 17.5 Å². The van der Waals surface area contributed by atoms with Crippen molar-refractivity contribution in [3.63, 3.8) is 0 Å². The molecule has 2 unspecified atom stereocenters. The van der Waals surface area contributed by atoms with E-state index in [1.165, 1.54) is 0 Å². The van der Waals surface area contributed by atoms with Crippen molar-refractivity contribution in [1.29, 1.82) is 0 Å². The highest BCUT2D eigenvalue weighted by Gasteiger charge is 2.43. The van der Waals surface area contributed by atoms with Crippen molar-refractivity contribution >= 4 is 12.0 Å². The average molecular weight is 305 g/mol. The molecule has 2 N–H and O–H groups in total. The second-order valence-electron chi connectivity index (χ2n) is 6.61. The molecule has 1 aliphatic carbocycles. The molecule has 7 nitrogen and oxygen atoms in total. The van der Waals surface area contributed by atoms with Gasteiger partial charge in [-0.25, -0.2) is 4.79 Å². The molecule has 1 saturated carbocycles. The number of fused-ring (bicyclic) bond motifs is 2. The fourth-order valence-electron chi connectivity index (χ4n) is 3.82. The maximum atomic E-state index is 12.3. The number of rotatable bonds is 3. The van der Waals surface area contributed by atoms with Gasteiger partial charge in [-0.05, 0) is 38.5 Å². The first-order chi connectivity index (χ1) is 10.6. The van der Waals surface area contributed by atoms with Crippen molar-refractivity contribution in [2.75, 3.05) is 0 Å². The molecule has 3 aliphatic rings. The molecule has 0 spiro atoms. The van der Waals surface area contributed by atoms with Crippen LogP contribution in [0.1, 0.15) is 60.7 Å². The molecule has 0 aromatic carbocycles. The molecular weight excluding hydrogens is 286 g/mol. The Labute approximate surface area is 127 Å². The number of nitrogens with one attached hydrogen (secondary N) is 1. The van der Waals surface area contributed by atoms with Crippen LogP contribution >= 0.6 is 0 Å². The van der Waals surface area contributed by atoms with Crippen molar-refractivity contribution in [1.82, 2.24) is 15.4 Å². The van der Waals surface area contributed by atoms with Crippen molar-refractivity contribution in [3.8, 4) is 0 Å². The molecule has 2 atom stereocenters. The van der Waals surface area contributed by atoms with E-state index >= 15 is 0 Å². The summed E-state index contributed by atoms with van der Waals surface area (Å²) >= 11 is 0. The van der Waals surface area contributed by atoms with Gasteiger partial charge in [0.25, 0.3) is 5.91 Å². The summed E-state index contributed by atoms with van der Waals surface area (Å²) in [6, 6.07) is 1.80. The van der Waals surface area contributed by atoms with E-state index in [0.29, 0.717) is 24.5 Å². The lowest BCUT2D eigenvalue weighted by atomic mass is 9.97. The number of piperidine rings is 1. The molecule has 3 heterocycles. The minimum atomic E-state index is -0.845. The van der Waals surface area contributed by atoms with E-state index in [1.807, 2.05) is 0 Å². The monoisotopic (exact) mass is 305 g/mol. The van der Waals surface area contributed by atoms with Gasteiger partial charge in [0.1, 0.15) is 5.76 Å². The standard InChI is InChI=1S/C15H19N3O4/c19-14(12-7-13(22-17-12)8-1-2-8)16-9-5-10-3-4-11(6-9)18(10)15(20)21/h7-11H,1-6H2,(H,16,19)(H,20,21). The third-order valence-electron chi connectivity index (χ3n) is 5.03. The lowest BCUT2D eigenvalue weighted by molar-refractivity contribution is 0.0805. The summed E-state index contributed by atoms with van der Waals surface area (Å²) in [6.45, 7) is 0. The van der Waals surface area contributed by atoms with Crippen LogP contribution in [0.15, 0.2) is 10.6 Å². The first-order valence-corrected chi connectivity index (χ1v) is 7.90. The third kappa shape index (κ3) is 2.34. The van der Waals surface area contributed by atoms with Crippen LogP contribution < -0.4 is 5.32 Å². The quantitative estimate of drug-likeness (QED) is 0.890. The lowest BCUT2D eigenvalue weighted by Gasteiger charge is -2.37. The Balaban J connectivity index is 1.39. The second kappa shape index (κ2) is 5.00. The summed E-state index contributed by atoms with van der Waals surface area (Å²) < 4.78 is 5.21. The molecule has 0 radical (unpaired) electrons. The van der Waals surface area contributed by atoms with E-state index in [1.54, 1.807) is 11.0 Å². The van der Waals surface area contributed by atoms with Gasteiger partial charge in [0, 0.05) is 30.1 Å². The van der Waals surface area contributed by atoms with Gasteiger partial charge in [-0.2, -0.15) is 0 Å². The molecule has 2 aliphatic heterocycles. The smallest absolute Gasteiger partial charge is 0.407 e. The van der Waals surface area contributed by atoms with Gasteiger partial charge in [0.15, 0.2) is 5.69 Å². The van der Waals surface area contributed by atoms with Gasteiger partial charge in [-0.15, -0.1) is 0 Å². The van der Waals surface area contributed by atoms with E-state index in [4.69, 9.17) is 4.52 Å². The van der Waals surface area contributed by atoms with Crippen LogP contribution in [-0.2, 0) is 0 Å². The molecule has 2 saturated heterocycles. The summed E-state index contributed by atoms with van der Waals surface area (Å²) in [4.78, 5) is 25.1. The first-order valence-electron chi connectivity index (χ1n) is 7.90. The summed E-state index contributed by atoms with van der Waals surface area (Å²) in [7, 11) is 0.